The van der Waals surface area contributed by atoms with Crippen LogP contribution in [0.1, 0.15) is 30.1 Å². The topological polar surface area (TPSA) is 68.1 Å². The molecular formula is C14H13F5N4O2S. The molecule has 1 aromatic heterocycles. The maximum absolute atomic E-state index is 14.5. The summed E-state index contributed by atoms with van der Waals surface area (Å²) >= 11 is 0. The lowest BCUT2D eigenvalue weighted by molar-refractivity contribution is -0.144. The number of rotatable bonds is 4. The fourth-order valence-electron chi connectivity index (χ4n) is 2.52. The minimum Gasteiger partial charge on any atom is -0.347 e. The molecule has 0 aliphatic heterocycles. The highest BCUT2D eigenvalue weighted by Gasteiger charge is 2.38. The maximum Gasteiger partial charge on any atom is 0.453 e. The van der Waals surface area contributed by atoms with Gasteiger partial charge in [-0.15, -0.1) is 8.98 Å². The number of hydrogen-bond donors (Lipinski definition) is 0. The van der Waals surface area contributed by atoms with E-state index in [9.17, 15) is 29.9 Å². The Kier molecular flexibility index (Phi) is 4.20. The first-order chi connectivity index (χ1) is 11.9. The van der Waals surface area contributed by atoms with Crippen LogP contribution < -0.4 is 4.90 Å². The van der Waals surface area contributed by atoms with E-state index in [4.69, 9.17) is 0 Å². The van der Waals surface area contributed by atoms with Crippen molar-refractivity contribution in [2.24, 2.45) is 0 Å². The molecule has 1 fully saturated rings. The molecule has 142 valence electrons. The Morgan fingerprint density at radius 3 is 2.31 bits per heavy atom. The minimum absolute atomic E-state index is 0.0312. The second-order valence-corrected chi connectivity index (χ2v) is 7.41. The zero-order valence-corrected chi connectivity index (χ0v) is 14.4. The average Bonchev–Trinajstić information content (AvgIpc) is 3.22. The van der Waals surface area contributed by atoms with Crippen LogP contribution in [0.5, 0.6) is 0 Å². The molecule has 0 spiro atoms. The molecule has 1 aliphatic carbocycles. The third kappa shape index (κ3) is 3.37. The number of halogens is 5. The van der Waals surface area contributed by atoms with Crippen molar-refractivity contribution in [1.82, 2.24) is 14.8 Å². The number of aromatic nitrogens is 3. The van der Waals surface area contributed by atoms with E-state index in [0.29, 0.717) is 23.6 Å². The molecule has 1 saturated carbocycles. The molecule has 0 unspecified atom stereocenters. The summed E-state index contributed by atoms with van der Waals surface area (Å²) < 4.78 is 90.3. The molecule has 0 saturated heterocycles. The molecule has 0 amide bonds. The lowest BCUT2D eigenvalue weighted by Crippen LogP contribution is -2.16. The lowest BCUT2D eigenvalue weighted by Gasteiger charge is -2.15. The summed E-state index contributed by atoms with van der Waals surface area (Å²) in [5.41, 5.74) is -0.673. The molecule has 0 N–H and O–H groups in total. The van der Waals surface area contributed by atoms with Gasteiger partial charge in [0.15, 0.2) is 0 Å². The Balaban J connectivity index is 2.26. The Hall–Kier alpha value is -2.24. The number of anilines is 1. The summed E-state index contributed by atoms with van der Waals surface area (Å²) in [6.45, 7) is 0. The lowest BCUT2D eigenvalue weighted by atomic mass is 10.1. The minimum atomic E-state index is -5.20. The van der Waals surface area contributed by atoms with Crippen molar-refractivity contribution >= 4 is 16.2 Å². The Morgan fingerprint density at radius 1 is 1.23 bits per heavy atom. The first-order valence-electron chi connectivity index (χ1n) is 7.39. The first-order valence-corrected chi connectivity index (χ1v) is 8.78. The largest absolute Gasteiger partial charge is 0.453 e. The van der Waals surface area contributed by atoms with Crippen molar-refractivity contribution < 1.29 is 29.9 Å². The van der Waals surface area contributed by atoms with E-state index in [-0.39, 0.29) is 11.5 Å². The molecule has 1 heterocycles. The van der Waals surface area contributed by atoms with Crippen molar-refractivity contribution in [1.29, 1.82) is 0 Å². The Labute approximate surface area is 145 Å². The molecule has 0 radical (unpaired) electrons. The highest BCUT2D eigenvalue weighted by Crippen LogP contribution is 2.44. The van der Waals surface area contributed by atoms with Crippen molar-refractivity contribution in [2.75, 3.05) is 19.0 Å². The summed E-state index contributed by atoms with van der Waals surface area (Å²) in [7, 11) is -2.50. The Morgan fingerprint density at radius 2 is 1.85 bits per heavy atom. The molecular weight excluding hydrogens is 383 g/mol. The van der Waals surface area contributed by atoms with Gasteiger partial charge in [0.05, 0.1) is 0 Å². The fraction of sp³-hybridized carbons (Fsp3) is 0.429. The van der Waals surface area contributed by atoms with E-state index in [1.54, 1.807) is 0 Å². The van der Waals surface area contributed by atoms with Gasteiger partial charge in [0.25, 0.3) is 5.82 Å². The van der Waals surface area contributed by atoms with Crippen LogP contribution >= 0.6 is 0 Å². The van der Waals surface area contributed by atoms with Crippen molar-refractivity contribution in [3.05, 3.63) is 29.3 Å². The van der Waals surface area contributed by atoms with Crippen LogP contribution in [0, 0.1) is 5.82 Å². The van der Waals surface area contributed by atoms with Crippen LogP contribution in [0.25, 0.3) is 5.69 Å². The van der Waals surface area contributed by atoms with Gasteiger partial charge in [0.1, 0.15) is 16.4 Å². The van der Waals surface area contributed by atoms with Gasteiger partial charge in [-0.25, -0.2) is 4.39 Å². The summed E-state index contributed by atoms with van der Waals surface area (Å²) in [6, 6.07) is 1.48. The molecule has 26 heavy (non-hydrogen) atoms. The van der Waals surface area contributed by atoms with E-state index in [2.05, 4.69) is 10.1 Å². The van der Waals surface area contributed by atoms with Crippen LogP contribution in [0.3, 0.4) is 0 Å². The van der Waals surface area contributed by atoms with Gasteiger partial charge in [-0.1, -0.05) is 0 Å². The number of nitrogens with zero attached hydrogens (tertiary/aromatic N) is 4. The monoisotopic (exact) mass is 396 g/mol. The van der Waals surface area contributed by atoms with E-state index in [0.717, 1.165) is 11.0 Å². The standard InChI is InChI=1S/C14H13F5N4O2S/c1-22(2)13-20-12(14(16,17)18)21-23(13)10-6-11(26(19,24)25)8(5-9(10)15)7-3-4-7/h5-7H,3-4H2,1-2H3. The van der Waals surface area contributed by atoms with Crippen LogP contribution in [0.15, 0.2) is 17.0 Å². The molecule has 1 aromatic carbocycles. The third-order valence-electron chi connectivity index (χ3n) is 3.83. The van der Waals surface area contributed by atoms with E-state index in [1.165, 1.54) is 14.1 Å². The normalized spacial score (nSPS) is 15.3. The molecule has 6 nitrogen and oxygen atoms in total. The van der Waals surface area contributed by atoms with Gasteiger partial charge in [0.2, 0.25) is 5.95 Å². The van der Waals surface area contributed by atoms with Crippen molar-refractivity contribution in [3.8, 4) is 5.69 Å². The molecule has 0 bridgehead atoms. The van der Waals surface area contributed by atoms with Gasteiger partial charge >= 0.3 is 16.4 Å². The number of hydrogen-bond acceptors (Lipinski definition) is 5. The van der Waals surface area contributed by atoms with E-state index in [1.807, 2.05) is 0 Å². The SMILES string of the molecule is CN(C)c1nc(C(F)(F)F)nn1-c1cc(S(=O)(=O)F)c(C2CC2)cc1F. The fourth-order valence-corrected chi connectivity index (χ4v) is 3.28. The molecule has 2 aromatic rings. The summed E-state index contributed by atoms with van der Waals surface area (Å²) in [5, 5.41) is 3.23. The smallest absolute Gasteiger partial charge is 0.347 e. The molecule has 12 heteroatoms. The zero-order chi connectivity index (χ0) is 19.4. The number of benzene rings is 1. The predicted molar refractivity (Wildman–Crippen MR) is 80.9 cm³/mol. The van der Waals surface area contributed by atoms with Crippen molar-refractivity contribution in [2.45, 2.75) is 29.8 Å². The summed E-state index contributed by atoms with van der Waals surface area (Å²) in [5.74, 6) is -3.25. The molecule has 1 aliphatic rings. The second kappa shape index (κ2) is 5.89. The van der Waals surface area contributed by atoms with Crippen LogP contribution in [-0.4, -0.2) is 37.3 Å². The zero-order valence-electron chi connectivity index (χ0n) is 13.5. The highest BCUT2D eigenvalue weighted by atomic mass is 32.3. The Bertz CT molecular complexity index is 964. The summed E-state index contributed by atoms with van der Waals surface area (Å²) in [6.07, 6.45) is -3.74. The van der Waals surface area contributed by atoms with E-state index >= 15 is 0 Å². The van der Waals surface area contributed by atoms with Gasteiger partial charge in [-0.2, -0.15) is 31.3 Å². The van der Waals surface area contributed by atoms with Crippen LogP contribution in [-0.2, 0) is 16.4 Å². The van der Waals surface area contributed by atoms with Gasteiger partial charge in [-0.3, -0.25) is 0 Å². The molecule has 3 rings (SSSR count). The quantitative estimate of drug-likeness (QED) is 0.587. The highest BCUT2D eigenvalue weighted by molar-refractivity contribution is 7.86. The van der Waals surface area contributed by atoms with Gasteiger partial charge < -0.3 is 4.90 Å². The van der Waals surface area contributed by atoms with Crippen molar-refractivity contribution in [3.63, 3.8) is 0 Å². The number of alkyl halides is 3. The second-order valence-electron chi connectivity index (χ2n) is 6.09. The van der Waals surface area contributed by atoms with Crippen LogP contribution in [0.2, 0.25) is 0 Å². The molecule has 0 atom stereocenters. The first kappa shape index (κ1) is 18.5. The predicted octanol–water partition coefficient (Wildman–Crippen LogP) is 3.03. The maximum atomic E-state index is 14.5. The van der Waals surface area contributed by atoms with E-state index < -0.39 is 44.6 Å². The average molecular weight is 396 g/mol. The van der Waals surface area contributed by atoms with Gasteiger partial charge in [0, 0.05) is 14.1 Å². The van der Waals surface area contributed by atoms with Gasteiger partial charge in [-0.05, 0) is 36.5 Å². The summed E-state index contributed by atoms with van der Waals surface area (Å²) in [4.78, 5) is 3.67. The van der Waals surface area contributed by atoms with Crippen LogP contribution in [0.4, 0.5) is 27.4 Å². The third-order valence-corrected chi connectivity index (χ3v) is 4.71.